The van der Waals surface area contributed by atoms with Crippen LogP contribution in [-0.2, 0) is 13.0 Å². The van der Waals surface area contributed by atoms with E-state index in [9.17, 15) is 4.79 Å². The van der Waals surface area contributed by atoms with Crippen molar-refractivity contribution in [3.05, 3.63) is 71.4 Å². The fraction of sp³-hybridized carbons (Fsp3) is 0.292. The summed E-state index contributed by atoms with van der Waals surface area (Å²) >= 11 is 0. The van der Waals surface area contributed by atoms with Crippen LogP contribution in [0.15, 0.2) is 54.6 Å². The van der Waals surface area contributed by atoms with Crippen LogP contribution in [0.3, 0.4) is 0 Å². The normalized spacial score (nSPS) is 18.8. The number of fused-ring (bicyclic) bond motifs is 2. The Balaban J connectivity index is 1.19. The summed E-state index contributed by atoms with van der Waals surface area (Å²) in [6, 6.07) is 18.5. The quantitative estimate of drug-likeness (QED) is 0.668. The number of para-hydroxylation sites is 1. The van der Waals surface area contributed by atoms with Crippen molar-refractivity contribution >= 4 is 5.91 Å². The van der Waals surface area contributed by atoms with Crippen molar-refractivity contribution < 1.29 is 19.0 Å². The van der Waals surface area contributed by atoms with Gasteiger partial charge in [0, 0.05) is 19.0 Å². The number of nitrogens with one attached hydrogen (secondary N) is 1. The Morgan fingerprint density at radius 3 is 2.97 bits per heavy atom. The summed E-state index contributed by atoms with van der Waals surface area (Å²) in [5.74, 6) is 1.84. The molecule has 0 bridgehead atoms. The molecule has 0 aliphatic carbocycles. The molecule has 2 aromatic carbocycles. The molecule has 2 aliphatic rings. The number of hydrogen-bond donors (Lipinski definition) is 1. The van der Waals surface area contributed by atoms with Gasteiger partial charge in [0.25, 0.3) is 5.91 Å². The second-order valence-electron chi connectivity index (χ2n) is 7.86. The molecule has 1 unspecified atom stereocenters. The number of nitrogens with zero attached hydrogens (tertiary/aromatic N) is 3. The van der Waals surface area contributed by atoms with Crippen LogP contribution in [-0.4, -0.2) is 41.0 Å². The minimum Gasteiger partial charge on any atom is -0.491 e. The van der Waals surface area contributed by atoms with Crippen molar-refractivity contribution in [2.75, 3.05) is 13.2 Å². The van der Waals surface area contributed by atoms with Gasteiger partial charge in [0.1, 0.15) is 30.8 Å². The number of rotatable bonds is 5. The highest BCUT2D eigenvalue weighted by molar-refractivity contribution is 5.92. The largest absolute Gasteiger partial charge is 0.491 e. The van der Waals surface area contributed by atoms with E-state index in [-0.39, 0.29) is 18.1 Å². The van der Waals surface area contributed by atoms with Gasteiger partial charge in [0.15, 0.2) is 5.69 Å². The molecule has 162 valence electrons. The number of aromatic nitrogens is 2. The van der Waals surface area contributed by atoms with Gasteiger partial charge in [-0.2, -0.15) is 10.4 Å². The highest BCUT2D eigenvalue weighted by Gasteiger charge is 2.27. The van der Waals surface area contributed by atoms with E-state index >= 15 is 0 Å². The average Bonchev–Trinajstić information content (AvgIpc) is 3.26. The molecule has 2 atom stereocenters. The summed E-state index contributed by atoms with van der Waals surface area (Å²) in [4.78, 5) is 12.8. The lowest BCUT2D eigenvalue weighted by atomic mass is 10.0. The van der Waals surface area contributed by atoms with Crippen molar-refractivity contribution in [2.24, 2.45) is 0 Å². The fourth-order valence-corrected chi connectivity index (χ4v) is 3.90. The molecule has 3 aromatic rings. The Bertz CT molecular complexity index is 1170. The number of ether oxygens (including phenoxy) is 3. The van der Waals surface area contributed by atoms with E-state index in [1.807, 2.05) is 30.3 Å². The molecule has 0 fully saturated rings. The summed E-state index contributed by atoms with van der Waals surface area (Å²) in [6.45, 7) is 1.45. The summed E-state index contributed by atoms with van der Waals surface area (Å²) < 4.78 is 19.2. The molecule has 8 nitrogen and oxygen atoms in total. The van der Waals surface area contributed by atoms with Crippen molar-refractivity contribution in [2.45, 2.75) is 31.5 Å². The Morgan fingerprint density at radius 2 is 2.12 bits per heavy atom. The molecule has 32 heavy (non-hydrogen) atoms. The van der Waals surface area contributed by atoms with Crippen molar-refractivity contribution in [1.82, 2.24) is 15.1 Å². The summed E-state index contributed by atoms with van der Waals surface area (Å²) in [7, 11) is 0. The smallest absolute Gasteiger partial charge is 0.272 e. The summed E-state index contributed by atoms with van der Waals surface area (Å²) in [6.07, 6.45) is 1.24. The lowest BCUT2D eigenvalue weighted by Crippen LogP contribution is -2.42. The van der Waals surface area contributed by atoms with Crippen LogP contribution in [0, 0.1) is 11.3 Å². The lowest BCUT2D eigenvalue weighted by molar-refractivity contribution is 0.0830. The van der Waals surface area contributed by atoms with Crippen LogP contribution in [0.25, 0.3) is 0 Å². The van der Waals surface area contributed by atoms with E-state index in [2.05, 4.69) is 16.5 Å². The van der Waals surface area contributed by atoms with Gasteiger partial charge in [-0.25, -0.2) is 4.68 Å². The zero-order valence-corrected chi connectivity index (χ0v) is 17.4. The number of carbonyl (C=O) groups excluding carboxylic acids is 1. The van der Waals surface area contributed by atoms with Crippen LogP contribution in [0.5, 0.6) is 17.4 Å². The Kier molecular flexibility index (Phi) is 5.38. The zero-order valence-electron chi connectivity index (χ0n) is 17.4. The highest BCUT2D eigenvalue weighted by atomic mass is 16.5. The summed E-state index contributed by atoms with van der Waals surface area (Å²) in [5.41, 5.74) is 1.79. The number of carbonyl (C=O) groups is 1. The monoisotopic (exact) mass is 430 g/mol. The molecule has 1 N–H and O–H groups in total. The van der Waals surface area contributed by atoms with Gasteiger partial charge < -0.3 is 19.5 Å². The maximum absolute atomic E-state index is 12.8. The van der Waals surface area contributed by atoms with Gasteiger partial charge in [0.05, 0.1) is 17.7 Å². The Hall–Kier alpha value is -3.99. The van der Waals surface area contributed by atoms with Gasteiger partial charge in [0.2, 0.25) is 5.88 Å². The second kappa shape index (κ2) is 8.63. The molecule has 3 heterocycles. The molecule has 2 aliphatic heterocycles. The molecule has 1 amide bonds. The van der Waals surface area contributed by atoms with Gasteiger partial charge in [-0.05, 0) is 42.3 Å². The fourth-order valence-electron chi connectivity index (χ4n) is 3.90. The highest BCUT2D eigenvalue weighted by Crippen LogP contribution is 2.26. The van der Waals surface area contributed by atoms with Crippen molar-refractivity contribution in [1.29, 1.82) is 5.26 Å². The van der Waals surface area contributed by atoms with Crippen LogP contribution in [0.2, 0.25) is 0 Å². The van der Waals surface area contributed by atoms with Crippen LogP contribution in [0.1, 0.15) is 28.0 Å². The van der Waals surface area contributed by atoms with Crippen LogP contribution < -0.4 is 19.5 Å². The first kappa shape index (κ1) is 19.9. The van der Waals surface area contributed by atoms with E-state index in [0.29, 0.717) is 43.3 Å². The first-order valence-corrected chi connectivity index (χ1v) is 10.6. The molecule has 0 saturated heterocycles. The lowest BCUT2D eigenvalue weighted by Gasteiger charge is -2.25. The second-order valence-corrected chi connectivity index (χ2v) is 7.86. The average molecular weight is 430 g/mol. The molecule has 0 saturated carbocycles. The van der Waals surface area contributed by atoms with Crippen molar-refractivity contribution in [3.8, 4) is 23.4 Å². The molecule has 8 heteroatoms. The molecule has 0 radical (unpaired) electrons. The van der Waals surface area contributed by atoms with Crippen LogP contribution >= 0.6 is 0 Å². The van der Waals surface area contributed by atoms with E-state index < -0.39 is 0 Å². The molecule has 1 aromatic heterocycles. The van der Waals surface area contributed by atoms with Crippen molar-refractivity contribution in [3.63, 3.8) is 0 Å². The first-order valence-electron chi connectivity index (χ1n) is 10.6. The minimum atomic E-state index is -0.277. The number of amides is 1. The Morgan fingerprint density at radius 1 is 1.25 bits per heavy atom. The standard InChI is InChI=1S/C24H22N4O4/c25-13-16-6-7-22-17(10-16)11-18(14-31-22)26-24(29)21-12-23-28(27-21)9-8-20(32-23)15-30-19-4-2-1-3-5-19/h1-7,10,12,18,20H,8-9,11,14-15H2,(H,26,29)/t18-,20?/m1/s1. The number of aryl methyl sites for hydroxylation is 1. The van der Waals surface area contributed by atoms with E-state index in [4.69, 9.17) is 19.5 Å². The predicted molar refractivity (Wildman–Crippen MR) is 115 cm³/mol. The number of hydrogen-bond acceptors (Lipinski definition) is 6. The third-order valence-electron chi connectivity index (χ3n) is 5.54. The molecular weight excluding hydrogens is 408 g/mol. The SMILES string of the molecule is N#Cc1ccc2c(c1)C[C@@H](NC(=O)c1cc3n(n1)CCC(COc1ccccc1)O3)CO2. The van der Waals surface area contributed by atoms with E-state index in [1.54, 1.807) is 28.9 Å². The maximum atomic E-state index is 12.8. The summed E-state index contributed by atoms with van der Waals surface area (Å²) in [5, 5.41) is 16.5. The van der Waals surface area contributed by atoms with E-state index in [0.717, 1.165) is 23.5 Å². The number of benzene rings is 2. The van der Waals surface area contributed by atoms with E-state index in [1.165, 1.54) is 0 Å². The first-order chi connectivity index (χ1) is 15.7. The third kappa shape index (κ3) is 4.23. The minimum absolute atomic E-state index is 0.104. The predicted octanol–water partition coefficient (Wildman–Crippen LogP) is 2.72. The molecule has 0 spiro atoms. The Labute approximate surface area is 185 Å². The number of nitriles is 1. The van der Waals surface area contributed by atoms with Gasteiger partial charge in [-0.15, -0.1) is 0 Å². The van der Waals surface area contributed by atoms with Gasteiger partial charge in [-0.3, -0.25) is 4.79 Å². The zero-order chi connectivity index (χ0) is 21.9. The third-order valence-corrected chi connectivity index (χ3v) is 5.54. The topological polar surface area (TPSA) is 98.4 Å². The molecular formula is C24H22N4O4. The van der Waals surface area contributed by atoms with Crippen LogP contribution in [0.4, 0.5) is 0 Å². The molecule has 5 rings (SSSR count). The van der Waals surface area contributed by atoms with Gasteiger partial charge >= 0.3 is 0 Å². The maximum Gasteiger partial charge on any atom is 0.272 e. The van der Waals surface area contributed by atoms with Gasteiger partial charge in [-0.1, -0.05) is 18.2 Å².